The molecule has 0 saturated carbocycles. The Balaban J connectivity index is 1.46. The Hall–Kier alpha value is -3.48. The van der Waals surface area contributed by atoms with Gasteiger partial charge in [-0.1, -0.05) is 30.3 Å². The van der Waals surface area contributed by atoms with E-state index in [-0.39, 0.29) is 11.5 Å². The number of hydrogen-bond acceptors (Lipinski definition) is 6. The number of esters is 2. The molecule has 0 aliphatic carbocycles. The molecule has 0 aromatic heterocycles. The SMILES string of the molecule is O=C(OCC(=O)N1CCCC1=O)c1ccc2c(c1)C[C@@H](c1ccccc1)OC2=O. The number of carbonyl (C=O) groups excluding carboxylic acids is 4. The van der Waals surface area contributed by atoms with Crippen LogP contribution >= 0.6 is 0 Å². The molecule has 1 saturated heterocycles. The van der Waals surface area contributed by atoms with Gasteiger partial charge in [0.15, 0.2) is 6.61 Å². The molecule has 0 radical (unpaired) electrons. The molecular weight excluding hydrogens is 374 g/mol. The molecule has 0 unspecified atom stereocenters. The second kappa shape index (κ2) is 7.87. The molecule has 7 heteroatoms. The number of ether oxygens (including phenoxy) is 2. The van der Waals surface area contributed by atoms with E-state index in [9.17, 15) is 19.2 Å². The molecule has 2 aromatic carbocycles. The van der Waals surface area contributed by atoms with Gasteiger partial charge in [-0.05, 0) is 35.7 Å². The largest absolute Gasteiger partial charge is 0.454 e. The summed E-state index contributed by atoms with van der Waals surface area (Å²) in [5, 5.41) is 0. The van der Waals surface area contributed by atoms with Crippen molar-refractivity contribution < 1.29 is 28.7 Å². The van der Waals surface area contributed by atoms with E-state index in [2.05, 4.69) is 0 Å². The summed E-state index contributed by atoms with van der Waals surface area (Å²) in [6.07, 6.45) is 0.976. The summed E-state index contributed by atoms with van der Waals surface area (Å²) >= 11 is 0. The maximum absolute atomic E-state index is 12.4. The van der Waals surface area contributed by atoms with Crippen molar-refractivity contribution in [3.05, 3.63) is 70.8 Å². The van der Waals surface area contributed by atoms with Gasteiger partial charge < -0.3 is 9.47 Å². The normalized spacial score (nSPS) is 18.2. The van der Waals surface area contributed by atoms with E-state index < -0.39 is 30.6 Å². The van der Waals surface area contributed by atoms with Gasteiger partial charge in [-0.25, -0.2) is 9.59 Å². The molecule has 7 nitrogen and oxygen atoms in total. The lowest BCUT2D eigenvalue weighted by Gasteiger charge is -2.25. The average molecular weight is 393 g/mol. The minimum absolute atomic E-state index is 0.241. The first-order chi connectivity index (χ1) is 14.0. The molecule has 0 bridgehead atoms. The summed E-state index contributed by atoms with van der Waals surface area (Å²) in [4.78, 5) is 49.4. The smallest absolute Gasteiger partial charge is 0.339 e. The number of likely N-dealkylation sites (tertiary alicyclic amines) is 1. The van der Waals surface area contributed by atoms with E-state index in [4.69, 9.17) is 9.47 Å². The number of benzene rings is 2. The van der Waals surface area contributed by atoms with Crippen LogP contribution in [-0.4, -0.2) is 41.8 Å². The Bertz CT molecular complexity index is 984. The predicted octanol–water partition coefficient (Wildman–Crippen LogP) is 2.45. The zero-order valence-corrected chi connectivity index (χ0v) is 15.6. The Labute approximate surface area is 167 Å². The summed E-state index contributed by atoms with van der Waals surface area (Å²) < 4.78 is 10.6. The highest BCUT2D eigenvalue weighted by molar-refractivity contribution is 5.99. The first-order valence-electron chi connectivity index (χ1n) is 9.42. The van der Waals surface area contributed by atoms with E-state index in [1.54, 1.807) is 6.07 Å². The lowest BCUT2D eigenvalue weighted by Crippen LogP contribution is -2.35. The van der Waals surface area contributed by atoms with Crippen LogP contribution in [0.4, 0.5) is 0 Å². The predicted molar refractivity (Wildman–Crippen MR) is 101 cm³/mol. The van der Waals surface area contributed by atoms with Gasteiger partial charge in [0.25, 0.3) is 5.91 Å². The van der Waals surface area contributed by atoms with E-state index in [0.717, 1.165) is 10.5 Å². The van der Waals surface area contributed by atoms with Gasteiger partial charge in [0.05, 0.1) is 11.1 Å². The average Bonchev–Trinajstić information content (AvgIpc) is 3.18. The highest BCUT2D eigenvalue weighted by Crippen LogP contribution is 2.31. The van der Waals surface area contributed by atoms with Crippen LogP contribution in [0.2, 0.25) is 0 Å². The van der Waals surface area contributed by atoms with Crippen molar-refractivity contribution in [3.63, 3.8) is 0 Å². The topological polar surface area (TPSA) is 90.0 Å². The molecule has 0 N–H and O–H groups in total. The maximum Gasteiger partial charge on any atom is 0.339 e. The highest BCUT2D eigenvalue weighted by atomic mass is 16.5. The van der Waals surface area contributed by atoms with Crippen LogP contribution in [0.15, 0.2) is 48.5 Å². The monoisotopic (exact) mass is 393 g/mol. The highest BCUT2D eigenvalue weighted by Gasteiger charge is 2.29. The van der Waals surface area contributed by atoms with Crippen molar-refractivity contribution in [2.24, 2.45) is 0 Å². The first kappa shape index (κ1) is 18.9. The zero-order valence-electron chi connectivity index (χ0n) is 15.6. The van der Waals surface area contributed by atoms with Crippen molar-refractivity contribution in [2.45, 2.75) is 25.4 Å². The number of fused-ring (bicyclic) bond motifs is 1. The van der Waals surface area contributed by atoms with Crippen LogP contribution in [0.5, 0.6) is 0 Å². The van der Waals surface area contributed by atoms with Crippen molar-refractivity contribution in [3.8, 4) is 0 Å². The van der Waals surface area contributed by atoms with Gasteiger partial charge in [-0.15, -0.1) is 0 Å². The summed E-state index contributed by atoms with van der Waals surface area (Å²) in [5.41, 5.74) is 2.21. The number of imide groups is 1. The summed E-state index contributed by atoms with van der Waals surface area (Å²) in [6.45, 7) is -0.132. The minimum Gasteiger partial charge on any atom is -0.454 e. The van der Waals surface area contributed by atoms with Crippen molar-refractivity contribution in [1.82, 2.24) is 4.90 Å². The molecular formula is C22H19NO6. The number of carbonyl (C=O) groups is 4. The number of hydrogen-bond donors (Lipinski definition) is 0. The van der Waals surface area contributed by atoms with Crippen LogP contribution in [0.25, 0.3) is 0 Å². The molecule has 2 heterocycles. The number of nitrogens with zero attached hydrogens (tertiary/aromatic N) is 1. The quantitative estimate of drug-likeness (QED) is 0.741. The molecule has 2 amide bonds. The first-order valence-corrected chi connectivity index (χ1v) is 9.42. The van der Waals surface area contributed by atoms with Gasteiger partial charge in [-0.3, -0.25) is 14.5 Å². The summed E-state index contributed by atoms with van der Waals surface area (Å²) in [5.74, 6) is -1.89. The molecule has 1 fully saturated rings. The lowest BCUT2D eigenvalue weighted by atomic mass is 9.93. The van der Waals surface area contributed by atoms with Gasteiger partial charge in [-0.2, -0.15) is 0 Å². The van der Waals surface area contributed by atoms with Crippen LogP contribution in [0, 0.1) is 0 Å². The third-order valence-electron chi connectivity index (χ3n) is 5.09. The fourth-order valence-corrected chi connectivity index (χ4v) is 3.58. The fraction of sp³-hybridized carbons (Fsp3) is 0.273. The van der Waals surface area contributed by atoms with Gasteiger partial charge in [0, 0.05) is 19.4 Å². The fourth-order valence-electron chi connectivity index (χ4n) is 3.58. The maximum atomic E-state index is 12.4. The minimum atomic E-state index is -0.678. The summed E-state index contributed by atoms with van der Waals surface area (Å²) in [7, 11) is 0. The van der Waals surface area contributed by atoms with Crippen LogP contribution in [0.3, 0.4) is 0 Å². The standard InChI is InChI=1S/C22H19NO6/c24-19-7-4-10-23(19)20(25)13-28-21(26)15-8-9-17-16(11-15)12-18(29-22(17)27)14-5-2-1-3-6-14/h1-3,5-6,8-9,11,18H,4,7,10,12-13H2/t18-/m0/s1. The van der Waals surface area contributed by atoms with Crippen LogP contribution < -0.4 is 0 Å². The van der Waals surface area contributed by atoms with Gasteiger partial charge in [0.1, 0.15) is 6.10 Å². The third kappa shape index (κ3) is 3.89. The van der Waals surface area contributed by atoms with Crippen LogP contribution in [0.1, 0.15) is 50.8 Å². The van der Waals surface area contributed by atoms with Crippen molar-refractivity contribution in [2.75, 3.05) is 13.2 Å². The van der Waals surface area contributed by atoms with Gasteiger partial charge in [0.2, 0.25) is 5.91 Å². The molecule has 0 spiro atoms. The molecule has 1 atom stereocenters. The Morgan fingerprint density at radius 3 is 2.62 bits per heavy atom. The van der Waals surface area contributed by atoms with E-state index >= 15 is 0 Å². The molecule has 4 rings (SSSR count). The lowest BCUT2D eigenvalue weighted by molar-refractivity contribution is -0.143. The molecule has 29 heavy (non-hydrogen) atoms. The number of rotatable bonds is 4. The Kier molecular flexibility index (Phi) is 5.12. The van der Waals surface area contributed by atoms with Crippen LogP contribution in [-0.2, 0) is 25.5 Å². The van der Waals surface area contributed by atoms with E-state index in [0.29, 0.717) is 36.9 Å². The van der Waals surface area contributed by atoms with E-state index in [1.165, 1.54) is 12.1 Å². The van der Waals surface area contributed by atoms with Gasteiger partial charge >= 0.3 is 11.9 Å². The second-order valence-electron chi connectivity index (χ2n) is 7.00. The number of amides is 2. The number of cyclic esters (lactones) is 1. The molecule has 2 aliphatic heterocycles. The molecule has 2 aromatic rings. The Morgan fingerprint density at radius 1 is 1.10 bits per heavy atom. The van der Waals surface area contributed by atoms with Crippen molar-refractivity contribution >= 4 is 23.8 Å². The molecule has 148 valence electrons. The third-order valence-corrected chi connectivity index (χ3v) is 5.09. The Morgan fingerprint density at radius 2 is 1.90 bits per heavy atom. The zero-order chi connectivity index (χ0) is 20.4. The molecule has 2 aliphatic rings. The second-order valence-corrected chi connectivity index (χ2v) is 7.00. The van der Waals surface area contributed by atoms with Crippen molar-refractivity contribution in [1.29, 1.82) is 0 Å². The summed E-state index contributed by atoms with van der Waals surface area (Å²) in [6, 6.07) is 14.0. The van der Waals surface area contributed by atoms with E-state index in [1.807, 2.05) is 30.3 Å².